The first-order valence-electron chi connectivity index (χ1n) is 11.1. The van der Waals surface area contributed by atoms with Crippen LogP contribution in [0.4, 0.5) is 13.2 Å². The van der Waals surface area contributed by atoms with Crippen LogP contribution in [0.3, 0.4) is 0 Å². The lowest BCUT2D eigenvalue weighted by Crippen LogP contribution is -2.31. The Kier molecular flexibility index (Phi) is 7.57. The molecule has 0 aliphatic heterocycles. The minimum absolute atomic E-state index is 0.0598. The Labute approximate surface area is 198 Å². The highest BCUT2D eigenvalue weighted by molar-refractivity contribution is 7.89. The van der Waals surface area contributed by atoms with E-state index in [0.717, 1.165) is 44.2 Å². The maximum absolute atomic E-state index is 13.9. The molecule has 3 N–H and O–H groups in total. The van der Waals surface area contributed by atoms with E-state index < -0.39 is 42.7 Å². The highest BCUT2D eigenvalue weighted by Gasteiger charge is 2.38. The van der Waals surface area contributed by atoms with Crippen LogP contribution in [0.2, 0.25) is 0 Å². The number of rotatable bonds is 7. The highest BCUT2D eigenvalue weighted by Crippen LogP contribution is 2.39. The monoisotopic (exact) mass is 521 g/mol. The largest absolute Gasteiger partial charge is 0.417 e. The summed E-state index contributed by atoms with van der Waals surface area (Å²) in [5.41, 5.74) is -0.670. The molecule has 3 rings (SSSR count). The average Bonchev–Trinajstić information content (AvgIpc) is 3.03. The Bertz CT molecular complexity index is 1260. The van der Waals surface area contributed by atoms with E-state index in [-0.39, 0.29) is 22.1 Å². The molecule has 1 heterocycles. The predicted molar refractivity (Wildman–Crippen MR) is 123 cm³/mol. The van der Waals surface area contributed by atoms with E-state index in [1.54, 1.807) is 11.5 Å². The molecule has 1 aromatic heterocycles. The second kappa shape index (κ2) is 9.63. The lowest BCUT2D eigenvalue weighted by Gasteiger charge is -2.24. The molecular formula is C22H30F3N3O4S2. The van der Waals surface area contributed by atoms with Crippen molar-refractivity contribution < 1.29 is 30.0 Å². The van der Waals surface area contributed by atoms with Crippen molar-refractivity contribution in [2.75, 3.05) is 0 Å². The number of nitrogens with two attached hydrogens (primary N) is 1. The second-order valence-electron chi connectivity index (χ2n) is 9.12. The number of nitrogens with zero attached hydrogens (tertiary/aromatic N) is 1. The summed E-state index contributed by atoms with van der Waals surface area (Å²) in [5.74, 6) is 0.254. The zero-order valence-electron chi connectivity index (χ0n) is 19.3. The third-order valence-corrected chi connectivity index (χ3v) is 8.80. The highest BCUT2D eigenvalue weighted by atomic mass is 32.2. The van der Waals surface area contributed by atoms with Gasteiger partial charge in [-0.3, -0.25) is 0 Å². The minimum atomic E-state index is -4.95. The molecule has 1 fully saturated rings. The molecule has 0 saturated heterocycles. The van der Waals surface area contributed by atoms with Gasteiger partial charge in [0, 0.05) is 24.0 Å². The second-order valence-corrected chi connectivity index (χ2v) is 12.3. The number of halogens is 3. The van der Waals surface area contributed by atoms with Crippen molar-refractivity contribution in [1.82, 2.24) is 9.29 Å². The molecule has 0 unspecified atom stereocenters. The van der Waals surface area contributed by atoms with Gasteiger partial charge in [0.2, 0.25) is 20.0 Å². The number of hydrogen-bond acceptors (Lipinski definition) is 4. The van der Waals surface area contributed by atoms with Crippen LogP contribution in [-0.4, -0.2) is 27.4 Å². The number of sulfonamides is 2. The molecule has 1 aliphatic rings. The average molecular weight is 522 g/mol. The van der Waals surface area contributed by atoms with E-state index in [1.165, 1.54) is 26.0 Å². The fourth-order valence-electron chi connectivity index (χ4n) is 4.53. The third-order valence-electron chi connectivity index (χ3n) is 6.05. The molecule has 2 aromatic rings. The molecule has 1 saturated carbocycles. The van der Waals surface area contributed by atoms with Crippen LogP contribution in [0.15, 0.2) is 34.1 Å². The summed E-state index contributed by atoms with van der Waals surface area (Å²) in [6, 6.07) is 3.60. The van der Waals surface area contributed by atoms with Crippen molar-refractivity contribution in [1.29, 1.82) is 0 Å². The summed E-state index contributed by atoms with van der Waals surface area (Å²) in [5, 5.41) is 5.37. The van der Waals surface area contributed by atoms with Crippen LogP contribution >= 0.6 is 0 Å². The topological polar surface area (TPSA) is 111 Å². The predicted octanol–water partition coefficient (Wildman–Crippen LogP) is 4.40. The minimum Gasteiger partial charge on any atom is -0.343 e. The Balaban J connectivity index is 2.20. The number of primary sulfonamides is 1. The van der Waals surface area contributed by atoms with Crippen LogP contribution in [0, 0.1) is 12.8 Å². The Hall–Kier alpha value is -1.89. The van der Waals surface area contributed by atoms with Crippen LogP contribution in [-0.2, 0) is 32.8 Å². The van der Waals surface area contributed by atoms with Crippen molar-refractivity contribution in [3.05, 3.63) is 35.5 Å². The quantitative estimate of drug-likeness (QED) is 0.563. The summed E-state index contributed by atoms with van der Waals surface area (Å²) in [6.45, 7) is 5.03. The summed E-state index contributed by atoms with van der Waals surface area (Å²) in [6.07, 6.45) is 0.120. The van der Waals surface area contributed by atoms with E-state index in [4.69, 9.17) is 5.14 Å². The zero-order valence-corrected chi connectivity index (χ0v) is 20.9. The Morgan fingerprint density at radius 2 is 1.68 bits per heavy atom. The first-order valence-corrected chi connectivity index (χ1v) is 14.1. The molecule has 0 radical (unpaired) electrons. The van der Waals surface area contributed by atoms with Crippen molar-refractivity contribution in [3.8, 4) is 11.3 Å². The maximum Gasteiger partial charge on any atom is 0.417 e. The lowest BCUT2D eigenvalue weighted by atomic mass is 9.89. The number of nitrogens with one attached hydrogen (secondary N) is 1. The van der Waals surface area contributed by atoms with Gasteiger partial charge in [-0.15, -0.1) is 0 Å². The summed E-state index contributed by atoms with van der Waals surface area (Å²) >= 11 is 0. The summed E-state index contributed by atoms with van der Waals surface area (Å²) in [4.78, 5) is -1.05. The summed E-state index contributed by atoms with van der Waals surface area (Å²) in [7, 11) is -8.54. The Morgan fingerprint density at radius 1 is 1.06 bits per heavy atom. The number of aromatic nitrogens is 1. The fourth-order valence-corrected chi connectivity index (χ4v) is 6.79. The van der Waals surface area contributed by atoms with E-state index in [1.807, 2.05) is 0 Å². The van der Waals surface area contributed by atoms with Gasteiger partial charge < -0.3 is 4.57 Å². The molecular weight excluding hydrogens is 491 g/mol. The molecule has 0 bridgehead atoms. The van der Waals surface area contributed by atoms with E-state index >= 15 is 0 Å². The maximum atomic E-state index is 13.9. The SMILES string of the molecule is Cc1c(S(N)(=O)=O)cc(-c2ccc(S(=O)(=O)NC(C)C)c(C(F)(F)F)c2)n1CC1CCCCC1. The van der Waals surface area contributed by atoms with Crippen molar-refractivity contribution >= 4 is 20.0 Å². The van der Waals surface area contributed by atoms with Gasteiger partial charge >= 0.3 is 6.18 Å². The van der Waals surface area contributed by atoms with Gasteiger partial charge in [0.1, 0.15) is 4.90 Å². The third kappa shape index (κ3) is 5.84. The van der Waals surface area contributed by atoms with Crippen molar-refractivity contribution in [3.63, 3.8) is 0 Å². The molecule has 0 atom stereocenters. The molecule has 12 heteroatoms. The van der Waals surface area contributed by atoms with Gasteiger partial charge in [0.15, 0.2) is 0 Å². The van der Waals surface area contributed by atoms with Crippen LogP contribution in [0.5, 0.6) is 0 Å². The van der Waals surface area contributed by atoms with E-state index in [9.17, 15) is 30.0 Å². The summed E-state index contributed by atoms with van der Waals surface area (Å²) < 4.78 is 95.1. The van der Waals surface area contributed by atoms with Crippen LogP contribution in [0.25, 0.3) is 11.3 Å². The number of alkyl halides is 3. The lowest BCUT2D eigenvalue weighted by molar-refractivity contribution is -0.139. The fraction of sp³-hybridized carbons (Fsp3) is 0.545. The van der Waals surface area contributed by atoms with Gasteiger partial charge in [-0.05, 0) is 63.3 Å². The van der Waals surface area contributed by atoms with Crippen LogP contribution < -0.4 is 9.86 Å². The molecule has 190 valence electrons. The van der Waals surface area contributed by atoms with E-state index in [0.29, 0.717) is 12.2 Å². The number of benzene rings is 1. The van der Waals surface area contributed by atoms with Gasteiger partial charge in [0.05, 0.1) is 10.5 Å². The van der Waals surface area contributed by atoms with Gasteiger partial charge in [-0.1, -0.05) is 25.3 Å². The molecule has 0 spiro atoms. The van der Waals surface area contributed by atoms with E-state index in [2.05, 4.69) is 4.72 Å². The molecule has 1 aliphatic carbocycles. The Morgan fingerprint density at radius 3 is 2.21 bits per heavy atom. The first kappa shape index (κ1) is 26.7. The van der Waals surface area contributed by atoms with Crippen molar-refractivity contribution in [2.45, 2.75) is 81.4 Å². The zero-order chi connectivity index (χ0) is 25.5. The smallest absolute Gasteiger partial charge is 0.343 e. The van der Waals surface area contributed by atoms with Crippen LogP contribution in [0.1, 0.15) is 57.2 Å². The normalized spacial score (nSPS) is 16.4. The molecule has 34 heavy (non-hydrogen) atoms. The standard InChI is InChI=1S/C22H30F3N3O4S2/c1-14(2)27-34(31,32)20-10-9-17(11-18(20)22(23,24)25)19-12-21(33(26,29)30)15(3)28(19)13-16-7-5-4-6-8-16/h9-12,14,16,27H,4-8,13H2,1-3H3,(H2,26,29,30). The molecule has 0 amide bonds. The number of hydrogen-bond donors (Lipinski definition) is 2. The van der Waals surface area contributed by atoms with Gasteiger partial charge in [-0.2, -0.15) is 13.2 Å². The first-order chi connectivity index (χ1) is 15.6. The van der Waals surface area contributed by atoms with Gasteiger partial charge in [-0.25, -0.2) is 26.7 Å². The van der Waals surface area contributed by atoms with Crippen molar-refractivity contribution in [2.24, 2.45) is 11.1 Å². The molecule has 1 aromatic carbocycles. The molecule has 7 nitrogen and oxygen atoms in total. The van der Waals surface area contributed by atoms with Gasteiger partial charge in [0.25, 0.3) is 0 Å².